The number of aromatic nitrogens is 2. The van der Waals surface area contributed by atoms with Crippen LogP contribution < -0.4 is 4.74 Å². The first-order chi connectivity index (χ1) is 9.26. The van der Waals surface area contributed by atoms with Crippen LogP contribution in [-0.2, 0) is 0 Å². The Morgan fingerprint density at radius 1 is 0.895 bits per heavy atom. The van der Waals surface area contributed by atoms with E-state index in [1.807, 2.05) is 24.3 Å². The van der Waals surface area contributed by atoms with Crippen LogP contribution in [0, 0.1) is 0 Å². The molecule has 1 N–H and O–H groups in total. The smallest absolute Gasteiger partial charge is 0.316 e. The van der Waals surface area contributed by atoms with Gasteiger partial charge in [-0.2, -0.15) is 0 Å². The lowest BCUT2D eigenvalue weighted by atomic mass is 10.0. The van der Waals surface area contributed by atoms with Gasteiger partial charge in [0.2, 0.25) is 0 Å². The van der Waals surface area contributed by atoms with Gasteiger partial charge in [0.25, 0.3) is 0 Å². The summed E-state index contributed by atoms with van der Waals surface area (Å²) in [7, 11) is 1.54. The minimum Gasteiger partial charge on any atom is -0.508 e. The molecule has 1 heterocycles. The maximum absolute atomic E-state index is 9.44. The lowest BCUT2D eigenvalue weighted by molar-refractivity contribution is 0.380. The number of nitrogens with zero attached hydrogens (tertiary/aromatic N) is 2. The number of methoxy groups -OCH3 is 1. The molecular weight excluding hydrogens is 240 g/mol. The quantitative estimate of drug-likeness (QED) is 0.761. The van der Waals surface area contributed by atoms with E-state index in [-0.39, 0.29) is 5.75 Å². The fourth-order valence-electron chi connectivity index (χ4n) is 1.98. The second-order valence-corrected chi connectivity index (χ2v) is 4.20. The molecule has 2 aromatic carbocycles. The number of rotatable bonds is 2. The SMILES string of the molecule is COc1ncc(-c2ccc3cc(O)ccc3c2)cn1. The monoisotopic (exact) mass is 252 g/mol. The van der Waals surface area contributed by atoms with Gasteiger partial charge < -0.3 is 9.84 Å². The van der Waals surface area contributed by atoms with Crippen molar-refractivity contribution in [2.75, 3.05) is 7.11 Å². The molecule has 0 saturated carbocycles. The van der Waals surface area contributed by atoms with Gasteiger partial charge in [0.1, 0.15) is 5.75 Å². The number of hydrogen-bond acceptors (Lipinski definition) is 4. The number of ether oxygens (including phenoxy) is 1. The molecule has 0 amide bonds. The third kappa shape index (κ3) is 2.20. The van der Waals surface area contributed by atoms with E-state index in [1.165, 1.54) is 7.11 Å². The molecule has 19 heavy (non-hydrogen) atoms. The molecular formula is C15H12N2O2. The van der Waals surface area contributed by atoms with E-state index in [2.05, 4.69) is 9.97 Å². The fourth-order valence-corrected chi connectivity index (χ4v) is 1.98. The van der Waals surface area contributed by atoms with E-state index in [1.54, 1.807) is 24.5 Å². The normalized spacial score (nSPS) is 10.6. The Kier molecular flexibility index (Phi) is 2.76. The molecule has 0 fully saturated rings. The molecule has 0 saturated heterocycles. The summed E-state index contributed by atoms with van der Waals surface area (Å²) in [6.45, 7) is 0. The highest BCUT2D eigenvalue weighted by Crippen LogP contribution is 2.26. The van der Waals surface area contributed by atoms with Crippen molar-refractivity contribution in [3.05, 3.63) is 48.8 Å². The van der Waals surface area contributed by atoms with Gasteiger partial charge in [-0.15, -0.1) is 0 Å². The Bertz CT molecular complexity index is 724. The average Bonchev–Trinajstić information content (AvgIpc) is 2.47. The fraction of sp³-hybridized carbons (Fsp3) is 0.0667. The molecule has 0 spiro atoms. The predicted molar refractivity (Wildman–Crippen MR) is 73.2 cm³/mol. The Morgan fingerprint density at radius 2 is 1.58 bits per heavy atom. The van der Waals surface area contributed by atoms with Crippen LogP contribution in [0.2, 0.25) is 0 Å². The number of phenolic OH excluding ortho intramolecular Hbond substituents is 1. The lowest BCUT2D eigenvalue weighted by Crippen LogP contribution is -1.91. The largest absolute Gasteiger partial charge is 0.508 e. The zero-order chi connectivity index (χ0) is 13.2. The molecule has 0 aliphatic heterocycles. The first-order valence-electron chi connectivity index (χ1n) is 5.85. The van der Waals surface area contributed by atoms with Gasteiger partial charge in [-0.25, -0.2) is 9.97 Å². The molecule has 0 aliphatic rings. The summed E-state index contributed by atoms with van der Waals surface area (Å²) in [4.78, 5) is 8.19. The number of hydrogen-bond donors (Lipinski definition) is 1. The molecule has 94 valence electrons. The van der Waals surface area contributed by atoms with Crippen molar-refractivity contribution < 1.29 is 9.84 Å². The molecule has 0 radical (unpaired) electrons. The van der Waals surface area contributed by atoms with Gasteiger partial charge in [-0.3, -0.25) is 0 Å². The standard InChI is InChI=1S/C15H12N2O2/c1-19-15-16-8-13(9-17-15)11-2-3-12-7-14(18)5-4-10(12)6-11/h2-9,18H,1H3. The third-order valence-corrected chi connectivity index (χ3v) is 2.97. The van der Waals surface area contributed by atoms with E-state index in [0.29, 0.717) is 6.01 Å². The van der Waals surface area contributed by atoms with E-state index in [4.69, 9.17) is 4.74 Å². The molecule has 4 heteroatoms. The minimum atomic E-state index is 0.271. The number of aromatic hydroxyl groups is 1. The van der Waals surface area contributed by atoms with Crippen molar-refractivity contribution >= 4 is 10.8 Å². The van der Waals surface area contributed by atoms with E-state index in [9.17, 15) is 5.11 Å². The zero-order valence-electron chi connectivity index (χ0n) is 10.4. The van der Waals surface area contributed by atoms with Crippen molar-refractivity contribution in [3.63, 3.8) is 0 Å². The van der Waals surface area contributed by atoms with Crippen LogP contribution >= 0.6 is 0 Å². The highest BCUT2D eigenvalue weighted by atomic mass is 16.5. The van der Waals surface area contributed by atoms with Gasteiger partial charge in [0, 0.05) is 18.0 Å². The van der Waals surface area contributed by atoms with Crippen LogP contribution in [0.3, 0.4) is 0 Å². The van der Waals surface area contributed by atoms with Crippen LogP contribution in [0.5, 0.6) is 11.8 Å². The van der Waals surface area contributed by atoms with Crippen molar-refractivity contribution in [1.82, 2.24) is 9.97 Å². The number of fused-ring (bicyclic) bond motifs is 1. The zero-order valence-corrected chi connectivity index (χ0v) is 10.4. The summed E-state index contributed by atoms with van der Waals surface area (Å²) < 4.78 is 4.94. The van der Waals surface area contributed by atoms with Gasteiger partial charge in [0.15, 0.2) is 0 Å². The minimum absolute atomic E-state index is 0.271. The third-order valence-electron chi connectivity index (χ3n) is 2.97. The van der Waals surface area contributed by atoms with Crippen LogP contribution in [0.25, 0.3) is 21.9 Å². The van der Waals surface area contributed by atoms with E-state index >= 15 is 0 Å². The summed E-state index contributed by atoms with van der Waals surface area (Å²) in [5.41, 5.74) is 1.96. The summed E-state index contributed by atoms with van der Waals surface area (Å²) in [6.07, 6.45) is 3.46. The number of benzene rings is 2. The molecule has 3 aromatic rings. The summed E-state index contributed by atoms with van der Waals surface area (Å²) in [5.74, 6) is 0.271. The van der Waals surface area contributed by atoms with E-state index in [0.717, 1.165) is 21.9 Å². The Labute approximate surface area is 110 Å². The molecule has 1 aromatic heterocycles. The molecule has 0 atom stereocenters. The van der Waals surface area contributed by atoms with Gasteiger partial charge in [0.05, 0.1) is 7.11 Å². The molecule has 0 unspecified atom stereocenters. The Hall–Kier alpha value is -2.62. The van der Waals surface area contributed by atoms with Gasteiger partial charge >= 0.3 is 6.01 Å². The topological polar surface area (TPSA) is 55.2 Å². The first kappa shape index (κ1) is 11.5. The maximum atomic E-state index is 9.44. The molecule has 4 nitrogen and oxygen atoms in total. The lowest BCUT2D eigenvalue weighted by Gasteiger charge is -2.04. The Morgan fingerprint density at radius 3 is 2.32 bits per heavy atom. The number of phenols is 1. The van der Waals surface area contributed by atoms with Crippen molar-refractivity contribution in [2.24, 2.45) is 0 Å². The first-order valence-corrected chi connectivity index (χ1v) is 5.85. The Balaban J connectivity index is 2.06. The summed E-state index contributed by atoms with van der Waals surface area (Å²) in [6, 6.07) is 11.6. The molecule has 3 rings (SSSR count). The summed E-state index contributed by atoms with van der Waals surface area (Å²) >= 11 is 0. The van der Waals surface area contributed by atoms with Crippen LogP contribution in [0.1, 0.15) is 0 Å². The van der Waals surface area contributed by atoms with Crippen molar-refractivity contribution in [1.29, 1.82) is 0 Å². The highest BCUT2D eigenvalue weighted by Gasteiger charge is 2.02. The van der Waals surface area contributed by atoms with Crippen LogP contribution in [0.15, 0.2) is 48.8 Å². The van der Waals surface area contributed by atoms with Crippen LogP contribution in [0.4, 0.5) is 0 Å². The van der Waals surface area contributed by atoms with E-state index < -0.39 is 0 Å². The second-order valence-electron chi connectivity index (χ2n) is 4.20. The maximum Gasteiger partial charge on any atom is 0.316 e. The van der Waals surface area contributed by atoms with Crippen molar-refractivity contribution in [3.8, 4) is 22.9 Å². The molecule has 0 aliphatic carbocycles. The predicted octanol–water partition coefficient (Wildman–Crippen LogP) is 3.01. The highest BCUT2D eigenvalue weighted by molar-refractivity contribution is 5.88. The van der Waals surface area contributed by atoms with Gasteiger partial charge in [-0.1, -0.05) is 18.2 Å². The van der Waals surface area contributed by atoms with Crippen LogP contribution in [-0.4, -0.2) is 22.2 Å². The second kappa shape index (κ2) is 4.57. The summed E-state index contributed by atoms with van der Waals surface area (Å²) in [5, 5.41) is 11.5. The van der Waals surface area contributed by atoms with Crippen molar-refractivity contribution in [2.45, 2.75) is 0 Å². The van der Waals surface area contributed by atoms with Gasteiger partial charge in [-0.05, 0) is 34.5 Å². The molecule has 0 bridgehead atoms. The average molecular weight is 252 g/mol.